The predicted octanol–water partition coefficient (Wildman–Crippen LogP) is 0.517. The first-order chi connectivity index (χ1) is 5.31. The highest BCUT2D eigenvalue weighted by Crippen LogP contribution is 1.80. The van der Waals surface area contributed by atoms with Gasteiger partial charge in [0.25, 0.3) is 0 Å². The van der Waals surface area contributed by atoms with E-state index in [0.29, 0.717) is 0 Å². The minimum atomic E-state index is 0.753. The Morgan fingerprint density at radius 2 is 2.36 bits per heavy atom. The van der Waals surface area contributed by atoms with Crippen LogP contribution in [0.15, 0.2) is 10.1 Å². The minimum absolute atomic E-state index is 0.753. The molecule has 11 heavy (non-hydrogen) atoms. The molecule has 0 saturated carbocycles. The van der Waals surface area contributed by atoms with Gasteiger partial charge < -0.3 is 10.5 Å². The molecule has 0 heterocycles. The Bertz CT molecular complexity index is 143. The van der Waals surface area contributed by atoms with Crippen LogP contribution in [-0.4, -0.2) is 37.3 Å². The first-order valence-electron chi connectivity index (χ1n) is 3.64. The van der Waals surface area contributed by atoms with E-state index in [2.05, 4.69) is 15.5 Å². The molecule has 0 aromatic carbocycles. The Hall–Kier alpha value is -0.900. The van der Waals surface area contributed by atoms with Crippen LogP contribution in [0.1, 0.15) is 13.3 Å². The van der Waals surface area contributed by atoms with Gasteiger partial charge in [0.05, 0.1) is 11.9 Å². The van der Waals surface area contributed by atoms with Crippen LogP contribution in [0.4, 0.5) is 0 Å². The summed E-state index contributed by atoms with van der Waals surface area (Å²) in [4.78, 5) is 4.12. The van der Waals surface area contributed by atoms with Gasteiger partial charge in [-0.2, -0.15) is 0 Å². The van der Waals surface area contributed by atoms with Crippen molar-refractivity contribution < 1.29 is 5.21 Å². The SMILES string of the molecule is CNCCCN=C(C)C=NO. The average molecular weight is 157 g/mol. The topological polar surface area (TPSA) is 57.0 Å². The summed E-state index contributed by atoms with van der Waals surface area (Å²) >= 11 is 0. The van der Waals surface area contributed by atoms with Gasteiger partial charge >= 0.3 is 0 Å². The summed E-state index contributed by atoms with van der Waals surface area (Å²) in [5.41, 5.74) is 0.753. The fourth-order valence-corrected chi connectivity index (χ4v) is 0.636. The van der Waals surface area contributed by atoms with Gasteiger partial charge in [0, 0.05) is 6.54 Å². The van der Waals surface area contributed by atoms with E-state index < -0.39 is 0 Å². The molecule has 0 aromatic heterocycles. The highest BCUT2D eigenvalue weighted by molar-refractivity contribution is 6.29. The third-order valence-electron chi connectivity index (χ3n) is 1.19. The average Bonchev–Trinajstić information content (AvgIpc) is 1.99. The molecule has 0 fully saturated rings. The normalized spacial score (nSPS) is 12.7. The quantitative estimate of drug-likeness (QED) is 0.264. The summed E-state index contributed by atoms with van der Waals surface area (Å²) in [6.45, 7) is 3.55. The Morgan fingerprint density at radius 3 is 2.91 bits per heavy atom. The maximum atomic E-state index is 8.12. The van der Waals surface area contributed by atoms with Crippen molar-refractivity contribution in [3.63, 3.8) is 0 Å². The molecule has 0 aliphatic carbocycles. The zero-order valence-corrected chi connectivity index (χ0v) is 7.04. The maximum absolute atomic E-state index is 8.12. The van der Waals surface area contributed by atoms with Crippen molar-refractivity contribution in [2.24, 2.45) is 10.1 Å². The summed E-state index contributed by atoms with van der Waals surface area (Å²) in [5.74, 6) is 0. The number of hydrogen-bond donors (Lipinski definition) is 2. The first kappa shape index (κ1) is 10.1. The van der Waals surface area contributed by atoms with Crippen LogP contribution in [0.25, 0.3) is 0 Å². The van der Waals surface area contributed by atoms with Crippen molar-refractivity contribution >= 4 is 11.9 Å². The molecule has 0 bridgehead atoms. The van der Waals surface area contributed by atoms with Crippen LogP contribution >= 0.6 is 0 Å². The van der Waals surface area contributed by atoms with E-state index >= 15 is 0 Å². The standard InChI is InChI=1S/C7H15N3O/c1-7(6-10-11)9-5-3-4-8-2/h6,8,11H,3-5H2,1-2H3. The Morgan fingerprint density at radius 1 is 1.64 bits per heavy atom. The zero-order valence-electron chi connectivity index (χ0n) is 7.04. The van der Waals surface area contributed by atoms with Gasteiger partial charge in [0.1, 0.15) is 0 Å². The van der Waals surface area contributed by atoms with Crippen LogP contribution in [0, 0.1) is 0 Å². The van der Waals surface area contributed by atoms with Gasteiger partial charge in [-0.1, -0.05) is 5.16 Å². The summed E-state index contributed by atoms with van der Waals surface area (Å²) in [7, 11) is 1.91. The number of oxime groups is 1. The van der Waals surface area contributed by atoms with E-state index in [1.54, 1.807) is 6.92 Å². The summed E-state index contributed by atoms with van der Waals surface area (Å²) in [6, 6.07) is 0. The van der Waals surface area contributed by atoms with Crippen LogP contribution in [0.5, 0.6) is 0 Å². The van der Waals surface area contributed by atoms with Crippen molar-refractivity contribution in [1.82, 2.24) is 5.32 Å². The molecular formula is C7H15N3O. The van der Waals surface area contributed by atoms with Gasteiger partial charge in [-0.15, -0.1) is 0 Å². The molecule has 2 N–H and O–H groups in total. The van der Waals surface area contributed by atoms with Gasteiger partial charge in [0.15, 0.2) is 0 Å². The maximum Gasteiger partial charge on any atom is 0.0868 e. The van der Waals surface area contributed by atoms with E-state index in [1.807, 2.05) is 7.05 Å². The molecule has 4 heteroatoms. The highest BCUT2D eigenvalue weighted by atomic mass is 16.4. The third kappa shape index (κ3) is 6.99. The lowest BCUT2D eigenvalue weighted by molar-refractivity contribution is 0.322. The fourth-order valence-electron chi connectivity index (χ4n) is 0.636. The molecule has 4 nitrogen and oxygen atoms in total. The number of aliphatic imine (C=N–C) groups is 1. The highest BCUT2D eigenvalue weighted by Gasteiger charge is 1.84. The van der Waals surface area contributed by atoms with Crippen LogP contribution < -0.4 is 5.32 Å². The molecule has 0 atom stereocenters. The number of hydrogen-bond acceptors (Lipinski definition) is 4. The monoisotopic (exact) mass is 157 g/mol. The molecule has 0 amide bonds. The zero-order chi connectivity index (χ0) is 8.53. The van der Waals surface area contributed by atoms with Crippen LogP contribution in [-0.2, 0) is 0 Å². The second kappa shape index (κ2) is 7.21. The molecule has 0 aliphatic heterocycles. The molecule has 0 radical (unpaired) electrons. The smallest absolute Gasteiger partial charge is 0.0868 e. The molecule has 0 saturated heterocycles. The van der Waals surface area contributed by atoms with E-state index in [0.717, 1.165) is 25.2 Å². The Kier molecular flexibility index (Phi) is 6.62. The van der Waals surface area contributed by atoms with E-state index in [9.17, 15) is 0 Å². The largest absolute Gasteiger partial charge is 0.411 e. The summed E-state index contributed by atoms with van der Waals surface area (Å²) in [5, 5.41) is 14.0. The van der Waals surface area contributed by atoms with Gasteiger partial charge in [-0.3, -0.25) is 4.99 Å². The lowest BCUT2D eigenvalue weighted by Crippen LogP contribution is -2.09. The predicted molar refractivity (Wildman–Crippen MR) is 46.8 cm³/mol. The van der Waals surface area contributed by atoms with Crippen molar-refractivity contribution in [3.8, 4) is 0 Å². The summed E-state index contributed by atoms with van der Waals surface area (Å²) in [6.07, 6.45) is 2.34. The van der Waals surface area contributed by atoms with Gasteiger partial charge in [-0.25, -0.2) is 0 Å². The summed E-state index contributed by atoms with van der Waals surface area (Å²) < 4.78 is 0. The Labute approximate surface area is 67.0 Å². The molecule has 0 unspecified atom stereocenters. The van der Waals surface area contributed by atoms with Crippen molar-refractivity contribution in [2.45, 2.75) is 13.3 Å². The van der Waals surface area contributed by atoms with E-state index in [4.69, 9.17) is 5.21 Å². The molecule has 0 aliphatic rings. The van der Waals surface area contributed by atoms with Gasteiger partial charge in [-0.05, 0) is 26.9 Å². The number of nitrogens with zero attached hydrogens (tertiary/aromatic N) is 2. The van der Waals surface area contributed by atoms with Gasteiger partial charge in [0.2, 0.25) is 0 Å². The van der Waals surface area contributed by atoms with Crippen LogP contribution in [0.3, 0.4) is 0 Å². The molecule has 0 spiro atoms. The lowest BCUT2D eigenvalue weighted by Gasteiger charge is -1.94. The third-order valence-corrected chi connectivity index (χ3v) is 1.19. The molecule has 0 rings (SSSR count). The van der Waals surface area contributed by atoms with Crippen LogP contribution in [0.2, 0.25) is 0 Å². The molecular weight excluding hydrogens is 142 g/mol. The second-order valence-corrected chi connectivity index (χ2v) is 2.22. The fraction of sp³-hybridized carbons (Fsp3) is 0.714. The molecule has 64 valence electrons. The lowest BCUT2D eigenvalue weighted by atomic mass is 10.4. The Balaban J connectivity index is 3.40. The van der Waals surface area contributed by atoms with E-state index in [1.165, 1.54) is 6.21 Å². The second-order valence-electron chi connectivity index (χ2n) is 2.22. The molecule has 0 aromatic rings. The van der Waals surface area contributed by atoms with E-state index in [-0.39, 0.29) is 0 Å². The minimum Gasteiger partial charge on any atom is -0.411 e. The van der Waals surface area contributed by atoms with Crippen molar-refractivity contribution in [3.05, 3.63) is 0 Å². The number of rotatable bonds is 5. The first-order valence-corrected chi connectivity index (χ1v) is 3.64. The van der Waals surface area contributed by atoms with Crippen molar-refractivity contribution in [2.75, 3.05) is 20.1 Å². The van der Waals surface area contributed by atoms with Crippen molar-refractivity contribution in [1.29, 1.82) is 0 Å². The number of nitrogens with one attached hydrogen (secondary N) is 1.